The molecule has 1 fully saturated rings. The lowest BCUT2D eigenvalue weighted by atomic mass is 9.94. The van der Waals surface area contributed by atoms with Crippen LogP contribution in [0.3, 0.4) is 0 Å². The van der Waals surface area contributed by atoms with Gasteiger partial charge in [-0.2, -0.15) is 0 Å². The van der Waals surface area contributed by atoms with Crippen LogP contribution in [0.1, 0.15) is 39.5 Å². The Morgan fingerprint density at radius 2 is 1.94 bits per heavy atom. The Bertz CT molecular complexity index is 279. The standard InChI is InChI=1S/C12H23N3O2/c1-3-9(4-2)12(16)15-7-5-10(6-8-15)11(13)14-17/h9-10,17H,3-8H2,1-2H3,(H2,13,14). The van der Waals surface area contributed by atoms with Gasteiger partial charge in [0, 0.05) is 24.9 Å². The number of rotatable bonds is 4. The molecule has 17 heavy (non-hydrogen) atoms. The van der Waals surface area contributed by atoms with Crippen LogP contribution in [0.4, 0.5) is 0 Å². The van der Waals surface area contributed by atoms with Gasteiger partial charge in [0.25, 0.3) is 0 Å². The van der Waals surface area contributed by atoms with Crippen molar-refractivity contribution in [3.8, 4) is 0 Å². The van der Waals surface area contributed by atoms with E-state index in [4.69, 9.17) is 10.9 Å². The van der Waals surface area contributed by atoms with Crippen molar-refractivity contribution in [2.45, 2.75) is 39.5 Å². The third kappa shape index (κ3) is 3.35. The first-order valence-electron chi connectivity index (χ1n) is 6.40. The highest BCUT2D eigenvalue weighted by atomic mass is 16.4. The molecule has 0 atom stereocenters. The number of likely N-dealkylation sites (tertiary alicyclic amines) is 1. The summed E-state index contributed by atoms with van der Waals surface area (Å²) in [5, 5.41) is 11.6. The van der Waals surface area contributed by atoms with E-state index in [1.807, 2.05) is 4.90 Å². The van der Waals surface area contributed by atoms with Crippen molar-refractivity contribution in [2.24, 2.45) is 22.7 Å². The van der Waals surface area contributed by atoms with Gasteiger partial charge in [-0.15, -0.1) is 0 Å². The van der Waals surface area contributed by atoms with Gasteiger partial charge in [-0.25, -0.2) is 0 Å². The van der Waals surface area contributed by atoms with E-state index in [-0.39, 0.29) is 17.7 Å². The second kappa shape index (κ2) is 6.47. The fourth-order valence-corrected chi connectivity index (χ4v) is 2.37. The molecule has 1 amide bonds. The lowest BCUT2D eigenvalue weighted by Crippen LogP contribution is -2.44. The molecule has 0 bridgehead atoms. The Morgan fingerprint density at radius 1 is 1.41 bits per heavy atom. The molecule has 0 unspecified atom stereocenters. The highest BCUT2D eigenvalue weighted by Crippen LogP contribution is 2.20. The lowest BCUT2D eigenvalue weighted by Gasteiger charge is -2.33. The van der Waals surface area contributed by atoms with Gasteiger partial charge in [0.15, 0.2) is 0 Å². The van der Waals surface area contributed by atoms with Crippen LogP contribution in [-0.2, 0) is 4.79 Å². The van der Waals surface area contributed by atoms with E-state index in [2.05, 4.69) is 19.0 Å². The fraction of sp³-hybridized carbons (Fsp3) is 0.833. The largest absolute Gasteiger partial charge is 0.409 e. The second-order valence-corrected chi connectivity index (χ2v) is 4.64. The molecule has 1 rings (SSSR count). The molecule has 1 aliphatic heterocycles. The van der Waals surface area contributed by atoms with Crippen molar-refractivity contribution in [1.82, 2.24) is 4.90 Å². The SMILES string of the molecule is CCC(CC)C(=O)N1CCC(C(N)=NO)CC1. The third-order valence-electron chi connectivity index (χ3n) is 3.68. The number of amidine groups is 1. The Balaban J connectivity index is 2.49. The van der Waals surface area contributed by atoms with Crippen LogP contribution >= 0.6 is 0 Å². The van der Waals surface area contributed by atoms with Crippen molar-refractivity contribution < 1.29 is 10.0 Å². The molecule has 1 heterocycles. The quantitative estimate of drug-likeness (QED) is 0.338. The predicted molar refractivity (Wildman–Crippen MR) is 66.8 cm³/mol. The first-order chi connectivity index (χ1) is 8.13. The maximum absolute atomic E-state index is 12.1. The number of piperidine rings is 1. The fourth-order valence-electron chi connectivity index (χ4n) is 2.37. The van der Waals surface area contributed by atoms with Crippen molar-refractivity contribution in [1.29, 1.82) is 0 Å². The summed E-state index contributed by atoms with van der Waals surface area (Å²) in [6.45, 7) is 5.54. The number of amides is 1. The van der Waals surface area contributed by atoms with Gasteiger partial charge in [0.1, 0.15) is 5.84 Å². The molecule has 3 N–H and O–H groups in total. The Labute approximate surface area is 103 Å². The van der Waals surface area contributed by atoms with E-state index in [1.54, 1.807) is 0 Å². The third-order valence-corrected chi connectivity index (χ3v) is 3.68. The number of nitrogens with two attached hydrogens (primary N) is 1. The van der Waals surface area contributed by atoms with Gasteiger partial charge >= 0.3 is 0 Å². The number of hydrogen-bond acceptors (Lipinski definition) is 3. The van der Waals surface area contributed by atoms with Crippen molar-refractivity contribution in [3.05, 3.63) is 0 Å². The van der Waals surface area contributed by atoms with E-state index < -0.39 is 0 Å². The summed E-state index contributed by atoms with van der Waals surface area (Å²) in [5.41, 5.74) is 5.58. The number of carbonyl (C=O) groups excluding carboxylic acids is 1. The average Bonchev–Trinajstić information content (AvgIpc) is 2.39. The highest BCUT2D eigenvalue weighted by molar-refractivity contribution is 5.83. The number of nitrogens with zero attached hydrogens (tertiary/aromatic N) is 2. The zero-order chi connectivity index (χ0) is 12.8. The van der Waals surface area contributed by atoms with Gasteiger partial charge < -0.3 is 15.8 Å². The van der Waals surface area contributed by atoms with Crippen LogP contribution in [0.25, 0.3) is 0 Å². The van der Waals surface area contributed by atoms with Crippen LogP contribution in [0.15, 0.2) is 5.16 Å². The molecule has 0 aromatic rings. The molecule has 5 heteroatoms. The molecule has 5 nitrogen and oxygen atoms in total. The molecule has 1 aliphatic rings. The predicted octanol–water partition coefficient (Wildman–Crippen LogP) is 1.41. The van der Waals surface area contributed by atoms with Crippen LogP contribution in [-0.4, -0.2) is 34.9 Å². The monoisotopic (exact) mass is 241 g/mol. The average molecular weight is 241 g/mol. The minimum Gasteiger partial charge on any atom is -0.409 e. The number of oxime groups is 1. The van der Waals surface area contributed by atoms with Crippen molar-refractivity contribution in [3.63, 3.8) is 0 Å². The molecule has 0 aliphatic carbocycles. The topological polar surface area (TPSA) is 78.9 Å². The zero-order valence-electron chi connectivity index (χ0n) is 10.7. The van der Waals surface area contributed by atoms with Gasteiger partial charge in [-0.05, 0) is 25.7 Å². The summed E-state index contributed by atoms with van der Waals surface area (Å²) in [7, 11) is 0. The maximum atomic E-state index is 12.1. The summed E-state index contributed by atoms with van der Waals surface area (Å²) < 4.78 is 0. The maximum Gasteiger partial charge on any atom is 0.225 e. The number of carbonyl (C=O) groups is 1. The van der Waals surface area contributed by atoms with Gasteiger partial charge in [0.2, 0.25) is 5.91 Å². The first-order valence-corrected chi connectivity index (χ1v) is 6.40. The van der Waals surface area contributed by atoms with Crippen LogP contribution in [0.2, 0.25) is 0 Å². The zero-order valence-corrected chi connectivity index (χ0v) is 10.7. The molecule has 0 saturated carbocycles. The van der Waals surface area contributed by atoms with Crippen LogP contribution in [0.5, 0.6) is 0 Å². The molecule has 1 saturated heterocycles. The van der Waals surface area contributed by atoms with E-state index in [9.17, 15) is 4.79 Å². The summed E-state index contributed by atoms with van der Waals surface area (Å²) in [4.78, 5) is 14.0. The van der Waals surface area contributed by atoms with Crippen molar-refractivity contribution >= 4 is 11.7 Å². The second-order valence-electron chi connectivity index (χ2n) is 4.64. The minimum atomic E-state index is 0.116. The number of hydrogen-bond donors (Lipinski definition) is 2. The molecule has 0 spiro atoms. The Morgan fingerprint density at radius 3 is 2.35 bits per heavy atom. The molecular weight excluding hydrogens is 218 g/mol. The van der Waals surface area contributed by atoms with Crippen LogP contribution < -0.4 is 5.73 Å². The Hall–Kier alpha value is -1.26. The van der Waals surface area contributed by atoms with E-state index >= 15 is 0 Å². The molecule has 0 aromatic carbocycles. The molecule has 98 valence electrons. The molecule has 0 radical (unpaired) electrons. The van der Waals surface area contributed by atoms with E-state index in [1.165, 1.54) is 0 Å². The highest BCUT2D eigenvalue weighted by Gasteiger charge is 2.27. The summed E-state index contributed by atoms with van der Waals surface area (Å²) in [5.74, 6) is 0.814. The molecule has 0 aromatic heterocycles. The van der Waals surface area contributed by atoms with E-state index in [0.29, 0.717) is 5.84 Å². The van der Waals surface area contributed by atoms with Gasteiger partial charge in [-0.1, -0.05) is 19.0 Å². The van der Waals surface area contributed by atoms with Crippen LogP contribution in [0, 0.1) is 11.8 Å². The normalized spacial score (nSPS) is 18.8. The Kier molecular flexibility index (Phi) is 5.25. The summed E-state index contributed by atoms with van der Waals surface area (Å²) in [6.07, 6.45) is 3.38. The minimum absolute atomic E-state index is 0.116. The van der Waals surface area contributed by atoms with Gasteiger partial charge in [-0.3, -0.25) is 4.79 Å². The molecular formula is C12H23N3O2. The summed E-state index contributed by atoms with van der Waals surface area (Å²) >= 11 is 0. The first kappa shape index (κ1) is 13.8. The van der Waals surface area contributed by atoms with Gasteiger partial charge in [0.05, 0.1) is 0 Å². The summed E-state index contributed by atoms with van der Waals surface area (Å²) in [6, 6.07) is 0. The van der Waals surface area contributed by atoms with Crippen molar-refractivity contribution in [2.75, 3.05) is 13.1 Å². The lowest BCUT2D eigenvalue weighted by molar-refractivity contribution is -0.136. The van der Waals surface area contributed by atoms with E-state index in [0.717, 1.165) is 38.8 Å². The smallest absolute Gasteiger partial charge is 0.225 e.